The van der Waals surface area contributed by atoms with Gasteiger partial charge in [0.25, 0.3) is 0 Å². The minimum atomic E-state index is -1.09. The van der Waals surface area contributed by atoms with Crippen molar-refractivity contribution in [2.75, 3.05) is 5.32 Å². The second kappa shape index (κ2) is 7.63. The average molecular weight is 353 g/mol. The van der Waals surface area contributed by atoms with Gasteiger partial charge in [-0.05, 0) is 11.1 Å². The second-order valence-corrected chi connectivity index (χ2v) is 6.09. The molecule has 0 aliphatic carbocycles. The zero-order chi connectivity index (χ0) is 17.6. The Balaban J connectivity index is 1.79. The molecule has 1 heterocycles. The molecule has 25 heavy (non-hydrogen) atoms. The Kier molecular flexibility index (Phi) is 5.11. The van der Waals surface area contributed by atoms with Crippen LogP contribution in [0, 0.1) is 0 Å². The van der Waals surface area contributed by atoms with Gasteiger partial charge in [0.15, 0.2) is 0 Å². The molecule has 0 radical (unpaired) electrons. The van der Waals surface area contributed by atoms with Crippen molar-refractivity contribution in [2.45, 2.75) is 6.61 Å². The molecule has 0 atom stereocenters. The molecule has 2 N–H and O–H groups in total. The van der Waals surface area contributed by atoms with E-state index in [0.717, 1.165) is 22.5 Å². The molecule has 0 aliphatic heterocycles. The first-order valence-corrected chi connectivity index (χ1v) is 8.41. The molecular weight excluding hydrogens is 338 g/mol. The van der Waals surface area contributed by atoms with Crippen LogP contribution in [-0.4, -0.2) is 17.2 Å². The zero-order valence-corrected chi connectivity index (χ0v) is 14.0. The normalized spacial score (nSPS) is 10.2. The Hall–Kier alpha value is -3.12. The summed E-state index contributed by atoms with van der Waals surface area (Å²) in [5.41, 5.74) is 2.58. The van der Waals surface area contributed by atoms with Crippen LogP contribution in [-0.2, 0) is 11.3 Å². The quantitative estimate of drug-likeness (QED) is 0.687. The Morgan fingerprint density at radius 2 is 1.64 bits per heavy atom. The standard InChI is InChI=1S/C19H15NO4S/c21-18(22)17-16(15(12-25-17)14-9-5-2-6-10-14)20-19(23)24-11-13-7-3-1-4-8-13/h1-10,12H,11H2,(H,20,23)(H,21,22). The van der Waals surface area contributed by atoms with Crippen LogP contribution in [0.25, 0.3) is 11.1 Å². The van der Waals surface area contributed by atoms with Gasteiger partial charge in [-0.1, -0.05) is 60.7 Å². The van der Waals surface area contributed by atoms with Gasteiger partial charge in [-0.2, -0.15) is 0 Å². The van der Waals surface area contributed by atoms with Crippen LogP contribution in [0.5, 0.6) is 0 Å². The molecule has 1 amide bonds. The highest BCUT2D eigenvalue weighted by atomic mass is 32.1. The SMILES string of the molecule is O=C(Nc1c(-c2ccccc2)csc1C(=O)O)OCc1ccccc1. The molecule has 1 aromatic heterocycles. The number of carboxylic acid groups (broad SMARTS) is 1. The summed E-state index contributed by atoms with van der Waals surface area (Å²) in [6.07, 6.45) is -0.693. The predicted molar refractivity (Wildman–Crippen MR) is 97.0 cm³/mol. The highest BCUT2D eigenvalue weighted by Crippen LogP contribution is 2.36. The van der Waals surface area contributed by atoms with Crippen molar-refractivity contribution in [3.8, 4) is 11.1 Å². The number of hydrogen-bond donors (Lipinski definition) is 2. The molecule has 126 valence electrons. The van der Waals surface area contributed by atoms with Gasteiger partial charge in [0.05, 0.1) is 5.69 Å². The van der Waals surface area contributed by atoms with Crippen molar-refractivity contribution in [3.63, 3.8) is 0 Å². The monoisotopic (exact) mass is 353 g/mol. The summed E-state index contributed by atoms with van der Waals surface area (Å²) < 4.78 is 5.19. The lowest BCUT2D eigenvalue weighted by Gasteiger charge is -2.09. The molecular formula is C19H15NO4S. The number of nitrogens with one attached hydrogen (secondary N) is 1. The number of carbonyl (C=O) groups is 2. The van der Waals surface area contributed by atoms with Gasteiger partial charge in [-0.15, -0.1) is 11.3 Å². The number of aromatic carboxylic acids is 1. The van der Waals surface area contributed by atoms with Crippen LogP contribution in [0.3, 0.4) is 0 Å². The molecule has 0 bridgehead atoms. The van der Waals surface area contributed by atoms with Crippen molar-refractivity contribution in [3.05, 3.63) is 76.5 Å². The number of rotatable bonds is 5. The van der Waals surface area contributed by atoms with E-state index in [1.807, 2.05) is 60.7 Å². The third kappa shape index (κ3) is 4.05. The van der Waals surface area contributed by atoms with E-state index in [0.29, 0.717) is 5.56 Å². The summed E-state index contributed by atoms with van der Waals surface area (Å²) in [4.78, 5) is 23.6. The number of ether oxygens (including phenoxy) is 1. The van der Waals surface area contributed by atoms with E-state index >= 15 is 0 Å². The lowest BCUT2D eigenvalue weighted by Crippen LogP contribution is -2.15. The molecule has 6 heteroatoms. The van der Waals surface area contributed by atoms with Gasteiger partial charge in [-0.3, -0.25) is 5.32 Å². The van der Waals surface area contributed by atoms with Crippen LogP contribution in [0.15, 0.2) is 66.0 Å². The fourth-order valence-electron chi connectivity index (χ4n) is 2.33. The van der Waals surface area contributed by atoms with Crippen LogP contribution >= 0.6 is 11.3 Å². The molecule has 2 aromatic carbocycles. The van der Waals surface area contributed by atoms with Crippen molar-refractivity contribution in [1.29, 1.82) is 0 Å². The molecule has 5 nitrogen and oxygen atoms in total. The number of anilines is 1. The molecule has 3 rings (SSSR count). The number of benzene rings is 2. The molecule has 0 unspecified atom stereocenters. The van der Waals surface area contributed by atoms with Crippen LogP contribution < -0.4 is 5.32 Å². The maximum Gasteiger partial charge on any atom is 0.412 e. The fourth-order valence-corrected chi connectivity index (χ4v) is 3.20. The minimum Gasteiger partial charge on any atom is -0.477 e. The van der Waals surface area contributed by atoms with Crippen LogP contribution in [0.2, 0.25) is 0 Å². The maximum atomic E-state index is 12.1. The predicted octanol–water partition coefficient (Wildman–Crippen LogP) is 4.86. The topological polar surface area (TPSA) is 75.6 Å². The molecule has 0 spiro atoms. The van der Waals surface area contributed by atoms with Crippen LogP contribution in [0.1, 0.15) is 15.2 Å². The Bertz CT molecular complexity index is 875. The van der Waals surface area contributed by atoms with E-state index in [1.165, 1.54) is 0 Å². The van der Waals surface area contributed by atoms with E-state index in [1.54, 1.807) is 5.38 Å². The molecule has 3 aromatic rings. The number of amides is 1. The van der Waals surface area contributed by atoms with E-state index < -0.39 is 12.1 Å². The first-order valence-electron chi connectivity index (χ1n) is 7.53. The summed E-state index contributed by atoms with van der Waals surface area (Å²) >= 11 is 1.07. The van der Waals surface area contributed by atoms with Crippen molar-refractivity contribution >= 4 is 29.1 Å². The second-order valence-electron chi connectivity index (χ2n) is 5.21. The summed E-state index contributed by atoms with van der Waals surface area (Å²) in [5.74, 6) is -1.09. The fraction of sp³-hybridized carbons (Fsp3) is 0.0526. The summed E-state index contributed by atoms with van der Waals surface area (Å²) in [6.45, 7) is 0.111. The number of carbonyl (C=O) groups excluding carboxylic acids is 1. The van der Waals surface area contributed by atoms with Crippen molar-refractivity contribution in [1.82, 2.24) is 0 Å². The molecule has 0 saturated carbocycles. The highest BCUT2D eigenvalue weighted by Gasteiger charge is 2.20. The van der Waals surface area contributed by atoms with Gasteiger partial charge in [0.2, 0.25) is 0 Å². The Labute approximate surface area is 148 Å². The first kappa shape index (κ1) is 16.7. The molecule has 0 fully saturated rings. The van der Waals surface area contributed by atoms with E-state index in [2.05, 4.69) is 5.32 Å². The Morgan fingerprint density at radius 3 is 2.28 bits per heavy atom. The van der Waals surface area contributed by atoms with E-state index in [4.69, 9.17) is 4.74 Å². The maximum absolute atomic E-state index is 12.1. The van der Waals surface area contributed by atoms with Crippen molar-refractivity contribution < 1.29 is 19.4 Å². The number of hydrogen-bond acceptors (Lipinski definition) is 4. The average Bonchev–Trinajstić information content (AvgIpc) is 3.05. The van der Waals surface area contributed by atoms with Gasteiger partial charge in [-0.25, -0.2) is 9.59 Å². The highest BCUT2D eigenvalue weighted by molar-refractivity contribution is 7.13. The van der Waals surface area contributed by atoms with Gasteiger partial charge < -0.3 is 9.84 Å². The zero-order valence-electron chi connectivity index (χ0n) is 13.1. The van der Waals surface area contributed by atoms with Crippen molar-refractivity contribution in [2.24, 2.45) is 0 Å². The largest absolute Gasteiger partial charge is 0.477 e. The Morgan fingerprint density at radius 1 is 1.00 bits per heavy atom. The molecule has 0 aliphatic rings. The first-order chi connectivity index (χ1) is 12.1. The van der Waals surface area contributed by atoms with Gasteiger partial charge >= 0.3 is 12.1 Å². The summed E-state index contributed by atoms with van der Waals surface area (Å²) in [7, 11) is 0. The summed E-state index contributed by atoms with van der Waals surface area (Å²) in [5, 5.41) is 13.7. The van der Waals surface area contributed by atoms with E-state index in [9.17, 15) is 14.7 Å². The lowest BCUT2D eigenvalue weighted by molar-refractivity contribution is 0.0703. The number of thiophene rings is 1. The van der Waals surface area contributed by atoms with Crippen LogP contribution in [0.4, 0.5) is 10.5 Å². The summed E-state index contributed by atoms with van der Waals surface area (Å²) in [6, 6.07) is 18.6. The van der Waals surface area contributed by atoms with Gasteiger partial charge in [0, 0.05) is 10.9 Å². The third-order valence-electron chi connectivity index (χ3n) is 3.51. The lowest BCUT2D eigenvalue weighted by atomic mass is 10.1. The third-order valence-corrected chi connectivity index (χ3v) is 4.48. The smallest absolute Gasteiger partial charge is 0.412 e. The van der Waals surface area contributed by atoms with E-state index in [-0.39, 0.29) is 17.2 Å². The number of carboxylic acids is 1. The van der Waals surface area contributed by atoms with Gasteiger partial charge in [0.1, 0.15) is 11.5 Å². The minimum absolute atomic E-state index is 0.0653. The molecule has 0 saturated heterocycles.